The number of benzene rings is 1. The van der Waals surface area contributed by atoms with Crippen LogP contribution in [0.1, 0.15) is 29.3 Å². The van der Waals surface area contributed by atoms with Crippen LogP contribution in [0.3, 0.4) is 0 Å². The fraction of sp³-hybridized carbons (Fsp3) is 0.500. The average Bonchev–Trinajstić information content (AvgIpc) is 2.42. The van der Waals surface area contributed by atoms with Crippen LogP contribution in [-0.2, 0) is 6.18 Å². The highest BCUT2D eigenvalue weighted by molar-refractivity contribution is 7.98. The van der Waals surface area contributed by atoms with Gasteiger partial charge in [-0.25, -0.2) is 0 Å². The van der Waals surface area contributed by atoms with Gasteiger partial charge >= 0.3 is 6.18 Å². The van der Waals surface area contributed by atoms with Crippen molar-refractivity contribution in [1.29, 1.82) is 0 Å². The van der Waals surface area contributed by atoms with Crippen LogP contribution in [-0.4, -0.2) is 35.9 Å². The molecule has 0 saturated heterocycles. The first-order valence-electron chi connectivity index (χ1n) is 6.45. The summed E-state index contributed by atoms with van der Waals surface area (Å²) in [4.78, 5) is 13.8. The number of amides is 1. The molecule has 1 unspecified atom stereocenters. The van der Waals surface area contributed by atoms with E-state index < -0.39 is 17.6 Å². The molecular formula is C14H19F3N2OS. The molecule has 21 heavy (non-hydrogen) atoms. The number of nitrogen functional groups attached to an aromatic ring is 1. The largest absolute Gasteiger partial charge is 0.416 e. The molecule has 1 atom stereocenters. The SMILES string of the molecule is CCC(CSC)N(C)C(=O)c1cc(C(F)(F)F)ccc1N. The van der Waals surface area contributed by atoms with Crippen LogP contribution in [0.4, 0.5) is 18.9 Å². The van der Waals surface area contributed by atoms with Gasteiger partial charge in [0.1, 0.15) is 0 Å². The van der Waals surface area contributed by atoms with Gasteiger partial charge in [-0.15, -0.1) is 0 Å². The third kappa shape index (κ3) is 4.30. The Morgan fingerprint density at radius 1 is 1.43 bits per heavy atom. The number of hydrogen-bond donors (Lipinski definition) is 1. The minimum absolute atomic E-state index is 0.0403. The predicted molar refractivity (Wildman–Crippen MR) is 80.4 cm³/mol. The highest BCUT2D eigenvalue weighted by Crippen LogP contribution is 2.31. The molecular weight excluding hydrogens is 301 g/mol. The highest BCUT2D eigenvalue weighted by Gasteiger charge is 2.32. The van der Waals surface area contributed by atoms with Crippen LogP contribution in [0, 0.1) is 0 Å². The molecule has 0 aliphatic rings. The molecule has 1 rings (SSSR count). The van der Waals surface area contributed by atoms with E-state index in [1.54, 1.807) is 18.8 Å². The summed E-state index contributed by atoms with van der Waals surface area (Å²) in [5.74, 6) is 0.233. The predicted octanol–water partition coefficient (Wildman–Crippen LogP) is 3.50. The first-order valence-corrected chi connectivity index (χ1v) is 7.84. The number of carbonyl (C=O) groups is 1. The first-order chi connectivity index (χ1) is 9.72. The second-order valence-electron chi connectivity index (χ2n) is 4.73. The van der Waals surface area contributed by atoms with Crippen LogP contribution in [0.2, 0.25) is 0 Å². The Balaban J connectivity index is 3.11. The Hall–Kier alpha value is -1.37. The van der Waals surface area contributed by atoms with E-state index in [0.717, 1.165) is 30.4 Å². The Morgan fingerprint density at radius 2 is 2.05 bits per heavy atom. The Bertz CT molecular complexity index is 505. The Labute approximate surface area is 126 Å². The summed E-state index contributed by atoms with van der Waals surface area (Å²) < 4.78 is 38.2. The zero-order valence-electron chi connectivity index (χ0n) is 12.2. The molecule has 0 radical (unpaired) electrons. The lowest BCUT2D eigenvalue weighted by molar-refractivity contribution is -0.137. The summed E-state index contributed by atoms with van der Waals surface area (Å²) >= 11 is 1.58. The zero-order chi connectivity index (χ0) is 16.2. The molecule has 0 aliphatic carbocycles. The van der Waals surface area contributed by atoms with Crippen LogP contribution in [0.5, 0.6) is 0 Å². The third-order valence-electron chi connectivity index (χ3n) is 3.31. The normalized spacial score (nSPS) is 13.0. The van der Waals surface area contributed by atoms with Crippen molar-refractivity contribution < 1.29 is 18.0 Å². The Kier molecular flexibility index (Phi) is 5.95. The van der Waals surface area contributed by atoms with E-state index in [1.165, 1.54) is 4.90 Å². The number of hydrogen-bond acceptors (Lipinski definition) is 3. The lowest BCUT2D eigenvalue weighted by atomic mass is 10.1. The molecule has 0 aliphatic heterocycles. The zero-order valence-corrected chi connectivity index (χ0v) is 13.0. The molecule has 1 aromatic carbocycles. The van der Waals surface area contributed by atoms with Crippen molar-refractivity contribution in [2.45, 2.75) is 25.6 Å². The van der Waals surface area contributed by atoms with Gasteiger partial charge in [0, 0.05) is 24.5 Å². The monoisotopic (exact) mass is 320 g/mol. The minimum Gasteiger partial charge on any atom is -0.398 e. The molecule has 3 nitrogen and oxygen atoms in total. The molecule has 118 valence electrons. The van der Waals surface area contributed by atoms with Gasteiger partial charge in [0.15, 0.2) is 0 Å². The van der Waals surface area contributed by atoms with Gasteiger partial charge in [-0.05, 0) is 30.9 Å². The molecule has 7 heteroatoms. The number of carbonyl (C=O) groups excluding carboxylic acids is 1. The van der Waals surface area contributed by atoms with E-state index in [2.05, 4.69) is 0 Å². The summed E-state index contributed by atoms with van der Waals surface area (Å²) in [5.41, 5.74) is 4.75. The molecule has 1 amide bonds. The minimum atomic E-state index is -4.50. The summed E-state index contributed by atoms with van der Waals surface area (Å²) in [6.45, 7) is 1.93. The number of thioether (sulfide) groups is 1. The van der Waals surface area contributed by atoms with Crippen molar-refractivity contribution in [3.05, 3.63) is 29.3 Å². The van der Waals surface area contributed by atoms with Crippen molar-refractivity contribution in [2.24, 2.45) is 0 Å². The summed E-state index contributed by atoms with van der Waals surface area (Å²) in [6.07, 6.45) is -1.85. The van der Waals surface area contributed by atoms with Crippen LogP contribution >= 0.6 is 11.8 Å². The van der Waals surface area contributed by atoms with Gasteiger partial charge in [0.2, 0.25) is 0 Å². The summed E-state index contributed by atoms with van der Waals surface area (Å²) in [5, 5.41) is 0. The van der Waals surface area contributed by atoms with Gasteiger partial charge in [-0.1, -0.05) is 6.92 Å². The summed E-state index contributed by atoms with van der Waals surface area (Å²) in [7, 11) is 1.59. The topological polar surface area (TPSA) is 46.3 Å². The number of anilines is 1. The molecule has 0 heterocycles. The smallest absolute Gasteiger partial charge is 0.398 e. The van der Waals surface area contributed by atoms with Crippen molar-refractivity contribution in [1.82, 2.24) is 4.90 Å². The Morgan fingerprint density at radius 3 is 2.52 bits per heavy atom. The van der Waals surface area contributed by atoms with E-state index in [9.17, 15) is 18.0 Å². The number of halogens is 3. The molecule has 2 N–H and O–H groups in total. The standard InChI is InChI=1S/C14H19F3N2OS/c1-4-10(8-21-3)19(2)13(20)11-7-9(14(15,16)17)5-6-12(11)18/h5-7,10H,4,8,18H2,1-3H3. The molecule has 1 aromatic rings. The van der Waals surface area contributed by atoms with E-state index in [1.807, 2.05) is 13.2 Å². The lowest BCUT2D eigenvalue weighted by Gasteiger charge is -2.27. The molecule has 0 aromatic heterocycles. The van der Waals surface area contributed by atoms with Crippen LogP contribution in [0.25, 0.3) is 0 Å². The maximum atomic E-state index is 12.7. The molecule has 0 saturated carbocycles. The van der Waals surface area contributed by atoms with Crippen molar-refractivity contribution in [3.8, 4) is 0 Å². The van der Waals surface area contributed by atoms with Crippen molar-refractivity contribution in [3.63, 3.8) is 0 Å². The fourth-order valence-electron chi connectivity index (χ4n) is 1.97. The highest BCUT2D eigenvalue weighted by atomic mass is 32.2. The third-order valence-corrected chi connectivity index (χ3v) is 4.03. The van der Waals surface area contributed by atoms with E-state index in [0.29, 0.717) is 0 Å². The maximum absolute atomic E-state index is 12.7. The quantitative estimate of drug-likeness (QED) is 0.845. The van der Waals surface area contributed by atoms with E-state index >= 15 is 0 Å². The number of alkyl halides is 3. The van der Waals surface area contributed by atoms with Gasteiger partial charge in [-0.3, -0.25) is 4.79 Å². The second kappa shape index (κ2) is 7.06. The molecule has 0 spiro atoms. The molecule has 0 bridgehead atoms. The second-order valence-corrected chi connectivity index (χ2v) is 5.64. The van der Waals surface area contributed by atoms with Gasteiger partial charge in [-0.2, -0.15) is 24.9 Å². The molecule has 0 fully saturated rings. The van der Waals surface area contributed by atoms with Gasteiger partial charge in [0.05, 0.1) is 11.1 Å². The van der Waals surface area contributed by atoms with Crippen molar-refractivity contribution in [2.75, 3.05) is 24.8 Å². The van der Waals surface area contributed by atoms with E-state index in [4.69, 9.17) is 5.73 Å². The van der Waals surface area contributed by atoms with Crippen molar-refractivity contribution >= 4 is 23.4 Å². The van der Waals surface area contributed by atoms with Gasteiger partial charge < -0.3 is 10.6 Å². The van der Waals surface area contributed by atoms with Gasteiger partial charge in [0.25, 0.3) is 5.91 Å². The first kappa shape index (κ1) is 17.7. The fourth-order valence-corrected chi connectivity index (χ4v) is 2.81. The van der Waals surface area contributed by atoms with E-state index in [-0.39, 0.29) is 17.3 Å². The number of nitrogens with two attached hydrogens (primary N) is 1. The number of rotatable bonds is 5. The number of nitrogens with zero attached hydrogens (tertiary/aromatic N) is 1. The van der Waals surface area contributed by atoms with Crippen LogP contribution in [0.15, 0.2) is 18.2 Å². The average molecular weight is 320 g/mol. The summed E-state index contributed by atoms with van der Waals surface area (Å²) in [6, 6.07) is 2.78. The lowest BCUT2D eigenvalue weighted by Crippen LogP contribution is -2.38. The maximum Gasteiger partial charge on any atom is 0.416 e. The van der Waals surface area contributed by atoms with Crippen LogP contribution < -0.4 is 5.73 Å².